The van der Waals surface area contributed by atoms with Gasteiger partial charge in [0.15, 0.2) is 0 Å². The summed E-state index contributed by atoms with van der Waals surface area (Å²) in [5.74, 6) is -0.224. The molecule has 162 valence electrons. The van der Waals surface area contributed by atoms with E-state index in [1.165, 1.54) is 4.31 Å². The second kappa shape index (κ2) is 8.83. The molecule has 2 aromatic carbocycles. The van der Waals surface area contributed by atoms with Gasteiger partial charge in [-0.1, -0.05) is 6.42 Å². The number of fused-ring (bicyclic) bond motifs is 2. The molecular formula is C21H27N3O5S. The van der Waals surface area contributed by atoms with Crippen molar-refractivity contribution in [3.63, 3.8) is 0 Å². The molecule has 2 N–H and O–H groups in total. The van der Waals surface area contributed by atoms with Crippen molar-refractivity contribution in [2.45, 2.75) is 30.6 Å². The van der Waals surface area contributed by atoms with Gasteiger partial charge in [-0.15, -0.1) is 0 Å². The quantitative estimate of drug-likeness (QED) is 0.613. The van der Waals surface area contributed by atoms with Crippen molar-refractivity contribution in [1.82, 2.24) is 0 Å². The lowest BCUT2D eigenvalue weighted by Gasteiger charge is -2.24. The third kappa shape index (κ3) is 4.46. The summed E-state index contributed by atoms with van der Waals surface area (Å²) in [6, 6.07) is 10.5. The molecule has 0 saturated heterocycles. The van der Waals surface area contributed by atoms with Crippen LogP contribution in [0.1, 0.15) is 25.7 Å². The van der Waals surface area contributed by atoms with Crippen LogP contribution in [0.25, 0.3) is 0 Å². The summed E-state index contributed by atoms with van der Waals surface area (Å²) in [6.07, 6.45) is 1.78. The van der Waals surface area contributed by atoms with E-state index in [9.17, 15) is 13.2 Å². The Hall–Kier alpha value is -2.94. The molecule has 0 amide bonds. The minimum absolute atomic E-state index is 0.0805. The number of ether oxygens (including phenoxy) is 1. The molecule has 1 aliphatic rings. The van der Waals surface area contributed by atoms with Crippen LogP contribution in [0.4, 0.5) is 22.7 Å². The average molecular weight is 434 g/mol. The minimum atomic E-state index is -3.82. The number of carboxylic acids is 1. The van der Waals surface area contributed by atoms with E-state index in [2.05, 4.69) is 5.32 Å². The highest BCUT2D eigenvalue weighted by molar-refractivity contribution is 7.93. The molecule has 0 saturated carbocycles. The lowest BCUT2D eigenvalue weighted by molar-refractivity contribution is -0.137. The van der Waals surface area contributed by atoms with Gasteiger partial charge in [0.1, 0.15) is 10.6 Å². The molecule has 1 heterocycles. The Bertz CT molecular complexity index is 1040. The van der Waals surface area contributed by atoms with Crippen LogP contribution < -0.4 is 19.3 Å². The summed E-state index contributed by atoms with van der Waals surface area (Å²) in [5.41, 5.74) is 2.46. The Balaban J connectivity index is 2.02. The number of rotatable bonds is 8. The zero-order valence-electron chi connectivity index (χ0n) is 17.4. The fraction of sp³-hybridized carbons (Fsp3) is 0.381. The normalized spacial score (nSPS) is 14.2. The third-order valence-corrected chi connectivity index (χ3v) is 6.90. The van der Waals surface area contributed by atoms with E-state index in [1.54, 1.807) is 37.4 Å². The lowest BCUT2D eigenvalue weighted by Crippen LogP contribution is -2.31. The standard InChI is InChI=1S/C21H27N3O5S/c1-23(2)15-8-10-17-20(13-15)30(27,28)24(12-6-4-5-7-21(25)26)19-11-9-16(29-3)14-18(19)22-17/h8-11,13-14,22H,4-7,12H2,1-3H3,(H,25,26). The SMILES string of the molecule is COc1ccc2c(c1)Nc1ccc(N(C)C)cc1S(=O)(=O)N2CCCCCC(=O)O. The van der Waals surface area contributed by atoms with Gasteiger partial charge < -0.3 is 20.1 Å². The summed E-state index contributed by atoms with van der Waals surface area (Å²) in [6.45, 7) is 0.259. The number of carboxylic acid groups (broad SMARTS) is 1. The Morgan fingerprint density at radius 2 is 1.87 bits per heavy atom. The van der Waals surface area contributed by atoms with Crippen LogP contribution in [0.3, 0.4) is 0 Å². The van der Waals surface area contributed by atoms with Gasteiger partial charge in [0, 0.05) is 38.8 Å². The number of nitrogens with one attached hydrogen (secondary N) is 1. The predicted molar refractivity (Wildman–Crippen MR) is 118 cm³/mol. The monoisotopic (exact) mass is 433 g/mol. The van der Waals surface area contributed by atoms with Crippen LogP contribution in [-0.4, -0.2) is 47.2 Å². The minimum Gasteiger partial charge on any atom is -0.497 e. The number of benzene rings is 2. The molecule has 1 aliphatic heterocycles. The number of unbranched alkanes of at least 4 members (excludes halogenated alkanes) is 2. The van der Waals surface area contributed by atoms with Crippen molar-refractivity contribution >= 4 is 38.7 Å². The van der Waals surface area contributed by atoms with Crippen LogP contribution >= 0.6 is 0 Å². The van der Waals surface area contributed by atoms with Crippen molar-refractivity contribution in [3.05, 3.63) is 36.4 Å². The van der Waals surface area contributed by atoms with E-state index in [0.717, 1.165) is 5.69 Å². The average Bonchev–Trinajstić information content (AvgIpc) is 2.79. The van der Waals surface area contributed by atoms with Crippen molar-refractivity contribution in [2.24, 2.45) is 0 Å². The summed E-state index contributed by atoms with van der Waals surface area (Å²) in [7, 11) is 1.46. The zero-order chi connectivity index (χ0) is 21.9. The van der Waals surface area contributed by atoms with Gasteiger partial charge in [0.05, 0.1) is 24.2 Å². The molecule has 3 rings (SSSR count). The first-order chi connectivity index (χ1) is 14.2. The maximum Gasteiger partial charge on any atom is 0.303 e. The first-order valence-corrected chi connectivity index (χ1v) is 11.2. The van der Waals surface area contributed by atoms with Gasteiger partial charge in [-0.05, 0) is 43.2 Å². The van der Waals surface area contributed by atoms with Crippen LogP contribution in [0.2, 0.25) is 0 Å². The van der Waals surface area contributed by atoms with E-state index >= 15 is 0 Å². The van der Waals surface area contributed by atoms with Gasteiger partial charge in [-0.2, -0.15) is 0 Å². The van der Waals surface area contributed by atoms with Crippen molar-refractivity contribution < 1.29 is 23.1 Å². The van der Waals surface area contributed by atoms with Crippen LogP contribution in [0.5, 0.6) is 5.75 Å². The largest absolute Gasteiger partial charge is 0.497 e. The molecule has 0 radical (unpaired) electrons. The zero-order valence-corrected chi connectivity index (χ0v) is 18.2. The number of carbonyl (C=O) groups is 1. The molecule has 30 heavy (non-hydrogen) atoms. The highest BCUT2D eigenvalue weighted by Crippen LogP contribution is 2.42. The predicted octanol–water partition coefficient (Wildman–Crippen LogP) is 3.66. The lowest BCUT2D eigenvalue weighted by atomic mass is 10.2. The second-order valence-corrected chi connectivity index (χ2v) is 9.20. The fourth-order valence-electron chi connectivity index (χ4n) is 3.41. The molecular weight excluding hydrogens is 406 g/mol. The topological polar surface area (TPSA) is 99.2 Å². The maximum absolute atomic E-state index is 13.6. The van der Waals surface area contributed by atoms with Crippen molar-refractivity contribution in [1.29, 1.82) is 0 Å². The first-order valence-electron chi connectivity index (χ1n) is 9.75. The molecule has 0 unspecified atom stereocenters. The van der Waals surface area contributed by atoms with Gasteiger partial charge >= 0.3 is 5.97 Å². The van der Waals surface area contributed by atoms with Crippen molar-refractivity contribution in [3.8, 4) is 5.75 Å². The van der Waals surface area contributed by atoms with E-state index in [1.807, 2.05) is 25.1 Å². The number of nitrogens with zero attached hydrogens (tertiary/aromatic N) is 2. The van der Waals surface area contributed by atoms with E-state index in [0.29, 0.717) is 42.1 Å². The first kappa shape index (κ1) is 21.8. The van der Waals surface area contributed by atoms with Crippen LogP contribution in [0.15, 0.2) is 41.3 Å². The van der Waals surface area contributed by atoms with Crippen LogP contribution in [0, 0.1) is 0 Å². The summed E-state index contributed by atoms with van der Waals surface area (Å²) in [5, 5.41) is 12.1. The molecule has 0 bridgehead atoms. The second-order valence-electron chi connectivity index (χ2n) is 7.36. The number of hydrogen-bond acceptors (Lipinski definition) is 6. The fourth-order valence-corrected chi connectivity index (χ4v) is 5.10. The number of aliphatic carboxylic acids is 1. The summed E-state index contributed by atoms with van der Waals surface area (Å²) >= 11 is 0. The number of anilines is 4. The number of sulfonamides is 1. The Kier molecular flexibility index (Phi) is 6.40. The summed E-state index contributed by atoms with van der Waals surface area (Å²) < 4.78 is 34.0. The Labute approximate surface area is 177 Å². The van der Waals surface area contributed by atoms with Gasteiger partial charge in [-0.3, -0.25) is 9.10 Å². The van der Waals surface area contributed by atoms with E-state index < -0.39 is 16.0 Å². The smallest absolute Gasteiger partial charge is 0.303 e. The molecule has 0 aliphatic carbocycles. The number of hydrogen-bond donors (Lipinski definition) is 2. The molecule has 2 aromatic rings. The molecule has 0 atom stereocenters. The molecule has 0 aromatic heterocycles. The van der Waals surface area contributed by atoms with Gasteiger partial charge in [0.25, 0.3) is 10.0 Å². The van der Waals surface area contributed by atoms with Gasteiger partial charge in [-0.25, -0.2) is 8.42 Å². The highest BCUT2D eigenvalue weighted by Gasteiger charge is 2.32. The Morgan fingerprint density at radius 1 is 1.10 bits per heavy atom. The van der Waals surface area contributed by atoms with Crippen LogP contribution in [-0.2, 0) is 14.8 Å². The van der Waals surface area contributed by atoms with E-state index in [-0.39, 0.29) is 17.9 Å². The van der Waals surface area contributed by atoms with Crippen molar-refractivity contribution in [2.75, 3.05) is 42.3 Å². The molecule has 0 fully saturated rings. The van der Waals surface area contributed by atoms with Gasteiger partial charge in [0.2, 0.25) is 0 Å². The Morgan fingerprint density at radius 3 is 2.53 bits per heavy atom. The number of methoxy groups -OCH3 is 1. The molecule has 8 nitrogen and oxygen atoms in total. The van der Waals surface area contributed by atoms with E-state index in [4.69, 9.17) is 9.84 Å². The third-order valence-electron chi connectivity index (χ3n) is 5.04. The maximum atomic E-state index is 13.6. The summed E-state index contributed by atoms with van der Waals surface area (Å²) in [4.78, 5) is 12.8. The molecule has 0 spiro atoms. The highest BCUT2D eigenvalue weighted by atomic mass is 32.2. The molecule has 9 heteroatoms.